The van der Waals surface area contributed by atoms with Crippen LogP contribution in [0.2, 0.25) is 0 Å². The van der Waals surface area contributed by atoms with Gasteiger partial charge in [0.1, 0.15) is 30.2 Å². The number of ether oxygens (including phenoxy) is 3. The number of hydrogen-bond donors (Lipinski definition) is 3. The first kappa shape index (κ1) is 21.0. The van der Waals surface area contributed by atoms with E-state index in [2.05, 4.69) is 21.6 Å². The third-order valence-electron chi connectivity index (χ3n) is 5.23. The number of carbonyl (C=O) groups excluding carboxylic acids is 1. The van der Waals surface area contributed by atoms with E-state index in [-0.39, 0.29) is 0 Å². The van der Waals surface area contributed by atoms with Gasteiger partial charge in [-0.25, -0.2) is 4.79 Å². The highest BCUT2D eigenvalue weighted by molar-refractivity contribution is 5.89. The Balaban J connectivity index is 1.64. The van der Waals surface area contributed by atoms with E-state index < -0.39 is 36.7 Å². The summed E-state index contributed by atoms with van der Waals surface area (Å²) in [4.78, 5) is 15.9. The standard InChI is InChI=1S/C19H28N2O7/c1-20-7-9-21(10-8-20)11-14-15(22)16(23)17(24)19(28-14)27-13-5-3-12(4-6-13)18(25)26-2/h3-6,14-17,19,22-24H,7-11H2,1-2H3/t14-,15-,16+,17+,19+/m1/s1. The minimum atomic E-state index is -1.40. The first-order valence-electron chi connectivity index (χ1n) is 9.34. The van der Waals surface area contributed by atoms with Gasteiger partial charge in [-0.2, -0.15) is 0 Å². The van der Waals surface area contributed by atoms with Crippen LogP contribution in [0.5, 0.6) is 5.75 Å². The summed E-state index contributed by atoms with van der Waals surface area (Å²) in [5, 5.41) is 30.8. The zero-order valence-corrected chi connectivity index (χ0v) is 16.1. The van der Waals surface area contributed by atoms with Gasteiger partial charge in [0, 0.05) is 32.7 Å². The van der Waals surface area contributed by atoms with Gasteiger partial charge in [-0.05, 0) is 31.3 Å². The molecule has 0 saturated carbocycles. The van der Waals surface area contributed by atoms with Crippen LogP contribution in [0.4, 0.5) is 0 Å². The maximum absolute atomic E-state index is 11.5. The Morgan fingerprint density at radius 2 is 1.71 bits per heavy atom. The second-order valence-electron chi connectivity index (χ2n) is 7.25. The van der Waals surface area contributed by atoms with Crippen molar-refractivity contribution in [2.24, 2.45) is 0 Å². The summed E-state index contributed by atoms with van der Waals surface area (Å²) in [7, 11) is 3.35. The Morgan fingerprint density at radius 3 is 2.32 bits per heavy atom. The molecule has 9 heteroatoms. The molecule has 156 valence electrons. The SMILES string of the molecule is COC(=O)c1ccc(O[C@H]2O[C@H](CN3CCN(C)CC3)[C@@H](O)[C@H](O)[C@@H]2O)cc1. The predicted octanol–water partition coefficient (Wildman–Crippen LogP) is -1.09. The molecule has 9 nitrogen and oxygen atoms in total. The van der Waals surface area contributed by atoms with E-state index in [1.165, 1.54) is 19.2 Å². The number of rotatable bonds is 5. The number of aliphatic hydroxyl groups excluding tert-OH is 3. The largest absolute Gasteiger partial charge is 0.465 e. The Hall–Kier alpha value is -1.75. The van der Waals surface area contributed by atoms with Crippen molar-refractivity contribution >= 4 is 5.97 Å². The molecule has 2 aliphatic rings. The van der Waals surface area contributed by atoms with Crippen molar-refractivity contribution in [1.29, 1.82) is 0 Å². The fourth-order valence-electron chi connectivity index (χ4n) is 3.37. The van der Waals surface area contributed by atoms with Crippen molar-refractivity contribution < 1.29 is 34.3 Å². The van der Waals surface area contributed by atoms with E-state index >= 15 is 0 Å². The number of esters is 1. The summed E-state index contributed by atoms with van der Waals surface area (Å²) in [5.74, 6) is -0.107. The number of methoxy groups -OCH3 is 1. The molecule has 2 saturated heterocycles. The van der Waals surface area contributed by atoms with E-state index in [9.17, 15) is 20.1 Å². The van der Waals surface area contributed by atoms with E-state index in [0.29, 0.717) is 17.9 Å². The fraction of sp³-hybridized carbons (Fsp3) is 0.632. The molecule has 0 unspecified atom stereocenters. The minimum Gasteiger partial charge on any atom is -0.465 e. The van der Waals surface area contributed by atoms with Gasteiger partial charge < -0.3 is 34.4 Å². The Bertz CT molecular complexity index is 648. The Morgan fingerprint density at radius 1 is 1.07 bits per heavy atom. The van der Waals surface area contributed by atoms with Gasteiger partial charge in [0.25, 0.3) is 0 Å². The molecule has 2 heterocycles. The van der Waals surface area contributed by atoms with Crippen LogP contribution >= 0.6 is 0 Å². The molecular weight excluding hydrogens is 368 g/mol. The minimum absolute atomic E-state index is 0.360. The molecule has 3 N–H and O–H groups in total. The second-order valence-corrected chi connectivity index (χ2v) is 7.25. The highest BCUT2D eigenvalue weighted by Crippen LogP contribution is 2.25. The number of likely N-dealkylation sites (N-methyl/N-ethyl adjacent to an activating group) is 1. The fourth-order valence-corrected chi connectivity index (χ4v) is 3.37. The summed E-state index contributed by atoms with van der Waals surface area (Å²) >= 11 is 0. The lowest BCUT2D eigenvalue weighted by molar-refractivity contribution is -0.274. The van der Waals surface area contributed by atoms with Crippen LogP contribution in [0.15, 0.2) is 24.3 Å². The topological polar surface area (TPSA) is 112 Å². The highest BCUT2D eigenvalue weighted by atomic mass is 16.7. The maximum Gasteiger partial charge on any atom is 0.337 e. The van der Waals surface area contributed by atoms with Crippen LogP contribution in [-0.2, 0) is 9.47 Å². The van der Waals surface area contributed by atoms with E-state index in [1.54, 1.807) is 12.1 Å². The quantitative estimate of drug-likeness (QED) is 0.534. The monoisotopic (exact) mass is 396 g/mol. The van der Waals surface area contributed by atoms with Gasteiger partial charge in [-0.3, -0.25) is 4.90 Å². The lowest BCUT2D eigenvalue weighted by Gasteiger charge is -2.43. The third-order valence-corrected chi connectivity index (χ3v) is 5.23. The maximum atomic E-state index is 11.5. The molecule has 0 bridgehead atoms. The van der Waals surface area contributed by atoms with Gasteiger partial charge >= 0.3 is 5.97 Å². The van der Waals surface area contributed by atoms with Gasteiger partial charge in [-0.15, -0.1) is 0 Å². The molecule has 3 rings (SSSR count). The van der Waals surface area contributed by atoms with Crippen molar-refractivity contribution in [3.8, 4) is 5.75 Å². The van der Waals surface area contributed by atoms with Crippen molar-refractivity contribution in [1.82, 2.24) is 9.80 Å². The van der Waals surface area contributed by atoms with Gasteiger partial charge in [0.2, 0.25) is 6.29 Å². The van der Waals surface area contributed by atoms with Gasteiger partial charge in [0.15, 0.2) is 0 Å². The number of piperazine rings is 1. The molecule has 1 aromatic rings. The Kier molecular flexibility index (Phi) is 6.86. The van der Waals surface area contributed by atoms with Crippen molar-refractivity contribution in [2.75, 3.05) is 46.9 Å². The van der Waals surface area contributed by atoms with Crippen LogP contribution in [0.3, 0.4) is 0 Å². The first-order valence-corrected chi connectivity index (χ1v) is 9.34. The zero-order valence-electron chi connectivity index (χ0n) is 16.1. The van der Waals surface area contributed by atoms with Crippen molar-refractivity contribution in [2.45, 2.75) is 30.7 Å². The summed E-state index contributed by atoms with van der Waals surface area (Å²) in [5.41, 5.74) is 0.364. The Labute approximate surface area is 164 Å². The lowest BCUT2D eigenvalue weighted by atomic mass is 9.98. The van der Waals surface area contributed by atoms with Crippen LogP contribution in [0.1, 0.15) is 10.4 Å². The smallest absolute Gasteiger partial charge is 0.337 e. The zero-order chi connectivity index (χ0) is 20.3. The molecule has 0 radical (unpaired) electrons. The lowest BCUT2D eigenvalue weighted by Crippen LogP contribution is -2.62. The summed E-state index contributed by atoms with van der Waals surface area (Å²) < 4.78 is 16.1. The summed E-state index contributed by atoms with van der Waals surface area (Å²) in [6.45, 7) is 3.94. The molecular formula is C19H28N2O7. The molecule has 0 amide bonds. The van der Waals surface area contributed by atoms with Crippen molar-refractivity contribution in [3.05, 3.63) is 29.8 Å². The second kappa shape index (κ2) is 9.17. The predicted molar refractivity (Wildman–Crippen MR) is 99.0 cm³/mol. The normalized spacial score (nSPS) is 32.1. The summed E-state index contributed by atoms with van der Waals surface area (Å²) in [6.07, 6.45) is -5.83. The van der Waals surface area contributed by atoms with Gasteiger partial charge in [0.05, 0.1) is 12.7 Å². The first-order chi connectivity index (χ1) is 13.4. The average molecular weight is 396 g/mol. The van der Waals surface area contributed by atoms with Gasteiger partial charge in [-0.1, -0.05) is 0 Å². The number of aliphatic hydroxyl groups is 3. The third kappa shape index (κ3) is 4.80. The van der Waals surface area contributed by atoms with Crippen LogP contribution < -0.4 is 4.74 Å². The molecule has 0 spiro atoms. The highest BCUT2D eigenvalue weighted by Gasteiger charge is 2.45. The van der Waals surface area contributed by atoms with Crippen LogP contribution in [-0.4, -0.2) is 109 Å². The van der Waals surface area contributed by atoms with Crippen molar-refractivity contribution in [3.63, 3.8) is 0 Å². The molecule has 2 aliphatic heterocycles. The number of hydrogen-bond acceptors (Lipinski definition) is 9. The molecule has 0 aliphatic carbocycles. The van der Waals surface area contributed by atoms with E-state index in [4.69, 9.17) is 9.47 Å². The number of carbonyl (C=O) groups is 1. The molecule has 5 atom stereocenters. The average Bonchev–Trinajstić information content (AvgIpc) is 2.71. The van der Waals surface area contributed by atoms with Crippen LogP contribution in [0.25, 0.3) is 0 Å². The molecule has 1 aromatic carbocycles. The number of benzene rings is 1. The molecule has 2 fully saturated rings. The van der Waals surface area contributed by atoms with Crippen LogP contribution in [0, 0.1) is 0 Å². The molecule has 0 aromatic heterocycles. The van der Waals surface area contributed by atoms with E-state index in [1.807, 2.05) is 0 Å². The van der Waals surface area contributed by atoms with E-state index in [0.717, 1.165) is 26.2 Å². The molecule has 28 heavy (non-hydrogen) atoms. The number of nitrogens with zero attached hydrogens (tertiary/aromatic N) is 2. The summed E-state index contributed by atoms with van der Waals surface area (Å²) in [6, 6.07) is 6.16.